The van der Waals surface area contributed by atoms with E-state index < -0.39 is 4.92 Å². The van der Waals surface area contributed by atoms with Crippen molar-refractivity contribution < 1.29 is 4.92 Å². The molecule has 3 rings (SSSR count). The quantitative estimate of drug-likeness (QED) is 0.673. The highest BCUT2D eigenvalue weighted by molar-refractivity contribution is 5.64. The number of nitriles is 1. The van der Waals surface area contributed by atoms with Crippen molar-refractivity contribution in [1.82, 2.24) is 0 Å². The summed E-state index contributed by atoms with van der Waals surface area (Å²) in [5.41, 5.74) is 0.839. The monoisotopic (exact) mass is 271 g/mol. The molecule has 2 aliphatic rings. The molecule has 0 amide bonds. The predicted octanol–water partition coefficient (Wildman–Crippen LogP) is 3.31. The summed E-state index contributed by atoms with van der Waals surface area (Å²) in [5, 5.41) is 23.1. The van der Waals surface area contributed by atoms with Crippen LogP contribution in [0, 0.1) is 39.2 Å². The Hall–Kier alpha value is -2.09. The van der Waals surface area contributed by atoms with Crippen LogP contribution in [0.4, 0.5) is 11.4 Å². The Morgan fingerprint density at radius 2 is 2.25 bits per heavy atom. The lowest BCUT2D eigenvalue weighted by Crippen LogP contribution is -2.20. The average molecular weight is 271 g/mol. The van der Waals surface area contributed by atoms with Crippen molar-refractivity contribution in [2.45, 2.75) is 25.7 Å². The molecule has 0 aliphatic heterocycles. The first kappa shape index (κ1) is 12.9. The molecule has 2 saturated carbocycles. The number of nitrogens with zero attached hydrogens (tertiary/aromatic N) is 2. The van der Waals surface area contributed by atoms with Crippen molar-refractivity contribution >= 4 is 11.4 Å². The zero-order valence-corrected chi connectivity index (χ0v) is 11.2. The van der Waals surface area contributed by atoms with Gasteiger partial charge in [-0.2, -0.15) is 5.26 Å². The molecular weight excluding hydrogens is 254 g/mol. The maximum absolute atomic E-state index is 11.1. The molecule has 20 heavy (non-hydrogen) atoms. The normalized spacial score (nSPS) is 27.2. The molecule has 0 unspecified atom stereocenters. The highest BCUT2D eigenvalue weighted by atomic mass is 16.6. The summed E-state index contributed by atoms with van der Waals surface area (Å²) >= 11 is 0. The van der Waals surface area contributed by atoms with Crippen molar-refractivity contribution in [3.63, 3.8) is 0 Å². The molecule has 0 aromatic heterocycles. The van der Waals surface area contributed by atoms with E-state index in [9.17, 15) is 10.1 Å². The van der Waals surface area contributed by atoms with Crippen LogP contribution in [0.5, 0.6) is 0 Å². The average Bonchev–Trinajstić information content (AvgIpc) is 3.07. The van der Waals surface area contributed by atoms with Gasteiger partial charge in [-0.25, -0.2) is 0 Å². The van der Waals surface area contributed by atoms with E-state index in [1.54, 1.807) is 12.1 Å². The van der Waals surface area contributed by atoms with Crippen molar-refractivity contribution in [2.24, 2.45) is 17.8 Å². The second kappa shape index (κ2) is 5.12. The van der Waals surface area contributed by atoms with E-state index in [1.165, 1.54) is 31.7 Å². The van der Waals surface area contributed by atoms with E-state index in [2.05, 4.69) is 5.32 Å². The molecule has 5 heteroatoms. The minimum absolute atomic E-state index is 0.00722. The molecule has 3 atom stereocenters. The van der Waals surface area contributed by atoms with Gasteiger partial charge < -0.3 is 5.32 Å². The standard InChI is InChI=1S/C15H17N3O2/c16-8-11-2-4-14(15(7-11)18(19)20)17-9-13-6-10-1-3-12(13)5-10/h2,4,7,10,12-13,17H,1,3,5-6,9H2/t10-,12+,13+/m0/s1. The predicted molar refractivity (Wildman–Crippen MR) is 75.2 cm³/mol. The number of rotatable bonds is 4. The van der Waals surface area contributed by atoms with Crippen LogP contribution in [0.3, 0.4) is 0 Å². The maximum Gasteiger partial charge on any atom is 0.293 e. The van der Waals surface area contributed by atoms with Crippen LogP contribution in [0.25, 0.3) is 0 Å². The summed E-state index contributed by atoms with van der Waals surface area (Å²) in [6.45, 7) is 0.800. The van der Waals surface area contributed by atoms with E-state index in [1.807, 2.05) is 6.07 Å². The van der Waals surface area contributed by atoms with Gasteiger partial charge in [-0.05, 0) is 49.1 Å². The number of hydrogen-bond acceptors (Lipinski definition) is 4. The van der Waals surface area contributed by atoms with Gasteiger partial charge in [-0.1, -0.05) is 6.42 Å². The molecule has 104 valence electrons. The Kier molecular flexibility index (Phi) is 3.31. The summed E-state index contributed by atoms with van der Waals surface area (Å²) in [6.07, 6.45) is 5.26. The summed E-state index contributed by atoms with van der Waals surface area (Å²) in [6, 6.07) is 6.54. The zero-order chi connectivity index (χ0) is 14.1. The fraction of sp³-hybridized carbons (Fsp3) is 0.533. The number of hydrogen-bond donors (Lipinski definition) is 1. The molecule has 0 spiro atoms. The molecule has 1 N–H and O–H groups in total. The number of nitrogens with one attached hydrogen (secondary N) is 1. The first-order valence-corrected chi connectivity index (χ1v) is 7.10. The molecular formula is C15H17N3O2. The van der Waals surface area contributed by atoms with Gasteiger partial charge in [0.25, 0.3) is 5.69 Å². The molecule has 5 nitrogen and oxygen atoms in total. The van der Waals surface area contributed by atoms with Crippen LogP contribution in [0.1, 0.15) is 31.2 Å². The molecule has 1 aromatic rings. The van der Waals surface area contributed by atoms with Gasteiger partial charge in [-0.3, -0.25) is 10.1 Å². The Labute approximate surface area is 117 Å². The smallest absolute Gasteiger partial charge is 0.293 e. The van der Waals surface area contributed by atoms with E-state index in [-0.39, 0.29) is 5.69 Å². The van der Waals surface area contributed by atoms with E-state index >= 15 is 0 Å². The highest BCUT2D eigenvalue weighted by Gasteiger charge is 2.39. The third-order valence-electron chi connectivity index (χ3n) is 4.76. The third kappa shape index (κ3) is 2.34. The fourth-order valence-corrected chi connectivity index (χ4v) is 3.77. The van der Waals surface area contributed by atoms with Crippen LogP contribution in [0.15, 0.2) is 18.2 Å². The van der Waals surface area contributed by atoms with Crippen LogP contribution in [0.2, 0.25) is 0 Å². The molecule has 0 radical (unpaired) electrons. The fourth-order valence-electron chi connectivity index (χ4n) is 3.77. The van der Waals surface area contributed by atoms with Crippen LogP contribution < -0.4 is 5.32 Å². The van der Waals surface area contributed by atoms with Gasteiger partial charge in [0.1, 0.15) is 5.69 Å². The summed E-state index contributed by atoms with van der Waals surface area (Å²) in [7, 11) is 0. The van der Waals surface area contributed by atoms with Gasteiger partial charge in [0.2, 0.25) is 0 Å². The minimum atomic E-state index is -0.427. The largest absolute Gasteiger partial charge is 0.379 e. The minimum Gasteiger partial charge on any atom is -0.379 e. The molecule has 0 heterocycles. The first-order valence-electron chi connectivity index (χ1n) is 7.10. The third-order valence-corrected chi connectivity index (χ3v) is 4.76. The van der Waals surface area contributed by atoms with Gasteiger partial charge >= 0.3 is 0 Å². The number of nitro groups is 1. The number of benzene rings is 1. The SMILES string of the molecule is N#Cc1ccc(NC[C@H]2C[C@H]3CC[C@@H]2C3)c([N+](=O)[O-])c1. The Morgan fingerprint density at radius 1 is 1.40 bits per heavy atom. The second-order valence-corrected chi connectivity index (χ2v) is 5.92. The Morgan fingerprint density at radius 3 is 2.85 bits per heavy atom. The molecule has 1 aromatic carbocycles. The number of fused-ring (bicyclic) bond motifs is 2. The lowest BCUT2D eigenvalue weighted by molar-refractivity contribution is -0.384. The molecule has 2 bridgehead atoms. The summed E-state index contributed by atoms with van der Waals surface area (Å²) in [5.74, 6) is 2.32. The molecule has 2 aliphatic carbocycles. The second-order valence-electron chi connectivity index (χ2n) is 5.92. The Balaban J connectivity index is 1.71. The van der Waals surface area contributed by atoms with Crippen LogP contribution >= 0.6 is 0 Å². The van der Waals surface area contributed by atoms with Gasteiger partial charge in [0.15, 0.2) is 0 Å². The van der Waals surface area contributed by atoms with Crippen molar-refractivity contribution in [3.05, 3.63) is 33.9 Å². The number of nitro benzene ring substituents is 1. The van der Waals surface area contributed by atoms with Crippen molar-refractivity contribution in [2.75, 3.05) is 11.9 Å². The van der Waals surface area contributed by atoms with E-state index in [0.717, 1.165) is 18.4 Å². The number of anilines is 1. The van der Waals surface area contributed by atoms with E-state index in [4.69, 9.17) is 5.26 Å². The van der Waals surface area contributed by atoms with E-state index in [0.29, 0.717) is 17.2 Å². The lowest BCUT2D eigenvalue weighted by atomic mass is 9.89. The van der Waals surface area contributed by atoms with Crippen LogP contribution in [-0.2, 0) is 0 Å². The zero-order valence-electron chi connectivity index (χ0n) is 11.2. The summed E-state index contributed by atoms with van der Waals surface area (Å²) in [4.78, 5) is 10.6. The summed E-state index contributed by atoms with van der Waals surface area (Å²) < 4.78 is 0. The van der Waals surface area contributed by atoms with Crippen molar-refractivity contribution in [1.29, 1.82) is 5.26 Å². The molecule has 2 fully saturated rings. The topological polar surface area (TPSA) is 79.0 Å². The van der Waals surface area contributed by atoms with Gasteiger partial charge in [0, 0.05) is 12.6 Å². The van der Waals surface area contributed by atoms with Crippen molar-refractivity contribution in [3.8, 4) is 6.07 Å². The Bertz CT molecular complexity index is 579. The van der Waals surface area contributed by atoms with Gasteiger partial charge in [0.05, 0.1) is 16.6 Å². The van der Waals surface area contributed by atoms with Gasteiger partial charge in [-0.15, -0.1) is 0 Å². The molecule has 0 saturated heterocycles. The van der Waals surface area contributed by atoms with Crippen LogP contribution in [-0.4, -0.2) is 11.5 Å². The highest BCUT2D eigenvalue weighted by Crippen LogP contribution is 2.48. The lowest BCUT2D eigenvalue weighted by Gasteiger charge is -2.22. The first-order chi connectivity index (χ1) is 9.67. The maximum atomic E-state index is 11.1.